The molecule has 0 bridgehead atoms. The number of rotatable bonds is 5. The molecule has 0 atom stereocenters. The minimum Gasteiger partial charge on any atom is -0.497 e. The predicted octanol–water partition coefficient (Wildman–Crippen LogP) is 3.85. The van der Waals surface area contributed by atoms with E-state index in [9.17, 15) is 0 Å². The molecule has 20 heavy (non-hydrogen) atoms. The zero-order chi connectivity index (χ0) is 14.4. The molecule has 0 saturated heterocycles. The monoisotopic (exact) mass is 277 g/mol. The molecule has 0 aromatic heterocycles. The molecule has 0 amide bonds. The number of hydrogen-bond acceptors (Lipinski definition) is 4. The molecule has 0 spiro atoms. The maximum atomic E-state index is 8.96. The van der Waals surface area contributed by atoms with Crippen molar-refractivity contribution in [1.82, 2.24) is 0 Å². The van der Waals surface area contributed by atoms with Crippen LogP contribution in [0.25, 0.3) is 0 Å². The molecule has 4 heteroatoms. The summed E-state index contributed by atoms with van der Waals surface area (Å²) in [6, 6.07) is 5.56. The van der Waals surface area contributed by atoms with Crippen LogP contribution in [0.4, 0.5) is 0 Å². The molecule has 0 unspecified atom stereocenters. The first-order chi connectivity index (χ1) is 9.74. The van der Waals surface area contributed by atoms with Gasteiger partial charge in [0, 0.05) is 11.6 Å². The summed E-state index contributed by atoms with van der Waals surface area (Å²) in [6.07, 6.45) is 6.43. The van der Waals surface area contributed by atoms with Gasteiger partial charge in [0.1, 0.15) is 11.5 Å². The van der Waals surface area contributed by atoms with E-state index in [2.05, 4.69) is 5.16 Å². The summed E-state index contributed by atoms with van der Waals surface area (Å²) >= 11 is 0. The van der Waals surface area contributed by atoms with Gasteiger partial charge < -0.3 is 14.7 Å². The molecule has 4 nitrogen and oxygen atoms in total. The van der Waals surface area contributed by atoms with Crippen molar-refractivity contribution >= 4 is 5.71 Å². The number of hydrogen-bond donors (Lipinski definition) is 1. The van der Waals surface area contributed by atoms with Crippen molar-refractivity contribution in [3.63, 3.8) is 0 Å². The van der Waals surface area contributed by atoms with Crippen LogP contribution in [0.3, 0.4) is 0 Å². The van der Waals surface area contributed by atoms with Crippen LogP contribution < -0.4 is 9.47 Å². The third-order valence-corrected chi connectivity index (χ3v) is 3.93. The highest BCUT2D eigenvalue weighted by Gasteiger charge is 2.16. The van der Waals surface area contributed by atoms with E-state index in [-0.39, 0.29) is 0 Å². The van der Waals surface area contributed by atoms with E-state index in [1.165, 1.54) is 32.1 Å². The third kappa shape index (κ3) is 3.65. The van der Waals surface area contributed by atoms with Gasteiger partial charge in [0.2, 0.25) is 0 Å². The Morgan fingerprint density at radius 3 is 2.70 bits per heavy atom. The molecule has 1 aliphatic rings. The van der Waals surface area contributed by atoms with Gasteiger partial charge in [0.15, 0.2) is 0 Å². The normalized spacial score (nSPS) is 17.0. The maximum absolute atomic E-state index is 8.96. The number of ether oxygens (including phenoxy) is 2. The first kappa shape index (κ1) is 14.7. The molecule has 0 heterocycles. The molecule has 110 valence electrons. The van der Waals surface area contributed by atoms with Crippen molar-refractivity contribution in [1.29, 1.82) is 0 Å². The largest absolute Gasteiger partial charge is 0.497 e. The summed E-state index contributed by atoms with van der Waals surface area (Å²) in [5.41, 5.74) is 1.36. The Bertz CT molecular complexity index is 465. The lowest BCUT2D eigenvalue weighted by Gasteiger charge is -2.22. The van der Waals surface area contributed by atoms with Crippen molar-refractivity contribution < 1.29 is 14.7 Å². The summed E-state index contributed by atoms with van der Waals surface area (Å²) in [5, 5.41) is 12.2. The van der Waals surface area contributed by atoms with E-state index in [0.29, 0.717) is 11.6 Å². The van der Waals surface area contributed by atoms with Gasteiger partial charge in [0.25, 0.3) is 0 Å². The van der Waals surface area contributed by atoms with Crippen molar-refractivity contribution in [3.05, 3.63) is 23.8 Å². The molecule has 0 aliphatic heterocycles. The van der Waals surface area contributed by atoms with Gasteiger partial charge in [0.05, 0.1) is 19.4 Å². The Morgan fingerprint density at radius 1 is 1.30 bits per heavy atom. The Hall–Kier alpha value is -1.71. The second-order valence-electron chi connectivity index (χ2n) is 5.36. The molecule has 1 aromatic carbocycles. The highest BCUT2D eigenvalue weighted by molar-refractivity contribution is 6.00. The van der Waals surface area contributed by atoms with Gasteiger partial charge in [-0.05, 0) is 37.8 Å². The second-order valence-corrected chi connectivity index (χ2v) is 5.36. The Morgan fingerprint density at radius 2 is 2.05 bits per heavy atom. The molecule has 1 aromatic rings. The molecule has 2 rings (SSSR count). The van der Waals surface area contributed by atoms with E-state index < -0.39 is 0 Å². The average molecular weight is 277 g/mol. The van der Waals surface area contributed by atoms with E-state index in [0.717, 1.165) is 23.7 Å². The molecule has 1 aliphatic carbocycles. The Labute approximate surface area is 120 Å². The van der Waals surface area contributed by atoms with Crippen LogP contribution in [-0.2, 0) is 0 Å². The first-order valence-corrected chi connectivity index (χ1v) is 7.24. The zero-order valence-electron chi connectivity index (χ0n) is 12.3. The molecule has 1 N–H and O–H groups in total. The molecule has 1 fully saturated rings. The summed E-state index contributed by atoms with van der Waals surface area (Å²) in [7, 11) is 1.63. The fourth-order valence-corrected chi connectivity index (χ4v) is 2.66. The minimum atomic E-state index is 0.547. The SMILES string of the molecule is COc1ccc(/C(C)=N/O)c(OCC2CCCCC2)c1. The van der Waals surface area contributed by atoms with Gasteiger partial charge >= 0.3 is 0 Å². The fraction of sp³-hybridized carbons (Fsp3) is 0.562. The lowest BCUT2D eigenvalue weighted by atomic mass is 9.90. The fourth-order valence-electron chi connectivity index (χ4n) is 2.66. The van der Waals surface area contributed by atoms with Crippen LogP contribution in [0, 0.1) is 5.92 Å². The molecule has 1 saturated carbocycles. The van der Waals surface area contributed by atoms with Gasteiger partial charge in [-0.15, -0.1) is 0 Å². The molecular formula is C16H23NO3. The summed E-state index contributed by atoms with van der Waals surface area (Å²) < 4.78 is 11.2. The quantitative estimate of drug-likeness (QED) is 0.505. The van der Waals surface area contributed by atoms with Crippen LogP contribution in [0.5, 0.6) is 11.5 Å². The van der Waals surface area contributed by atoms with Crippen molar-refractivity contribution in [2.24, 2.45) is 11.1 Å². The van der Waals surface area contributed by atoms with Gasteiger partial charge in [-0.1, -0.05) is 24.4 Å². The van der Waals surface area contributed by atoms with Crippen LogP contribution >= 0.6 is 0 Å². The minimum absolute atomic E-state index is 0.547. The van der Waals surface area contributed by atoms with Crippen LogP contribution in [0.2, 0.25) is 0 Å². The standard InChI is InChI=1S/C16H23NO3/c1-12(17-18)15-9-8-14(19-2)10-16(15)20-11-13-6-4-3-5-7-13/h8-10,13,18H,3-7,11H2,1-2H3/b17-12+. The summed E-state index contributed by atoms with van der Waals surface area (Å²) in [4.78, 5) is 0. The molecular weight excluding hydrogens is 254 g/mol. The highest BCUT2D eigenvalue weighted by atomic mass is 16.5. The van der Waals surface area contributed by atoms with Gasteiger partial charge in [-0.25, -0.2) is 0 Å². The summed E-state index contributed by atoms with van der Waals surface area (Å²) in [6.45, 7) is 2.48. The Balaban J connectivity index is 2.10. The zero-order valence-corrected chi connectivity index (χ0v) is 12.3. The smallest absolute Gasteiger partial charge is 0.132 e. The maximum Gasteiger partial charge on any atom is 0.132 e. The lowest BCUT2D eigenvalue weighted by Crippen LogP contribution is -2.16. The van der Waals surface area contributed by atoms with Gasteiger partial charge in [-0.2, -0.15) is 0 Å². The van der Waals surface area contributed by atoms with E-state index in [1.54, 1.807) is 14.0 Å². The van der Waals surface area contributed by atoms with Crippen molar-refractivity contribution in [3.8, 4) is 11.5 Å². The number of oxime groups is 1. The number of nitrogens with zero attached hydrogens (tertiary/aromatic N) is 1. The van der Waals surface area contributed by atoms with Crippen molar-refractivity contribution in [2.45, 2.75) is 39.0 Å². The van der Waals surface area contributed by atoms with Gasteiger partial charge in [-0.3, -0.25) is 0 Å². The third-order valence-electron chi connectivity index (χ3n) is 3.93. The summed E-state index contributed by atoms with van der Waals surface area (Å²) in [5.74, 6) is 2.11. The highest BCUT2D eigenvalue weighted by Crippen LogP contribution is 2.28. The molecule has 0 radical (unpaired) electrons. The van der Waals surface area contributed by atoms with Crippen LogP contribution in [-0.4, -0.2) is 24.6 Å². The van der Waals surface area contributed by atoms with Crippen LogP contribution in [0.15, 0.2) is 23.4 Å². The van der Waals surface area contributed by atoms with E-state index in [4.69, 9.17) is 14.7 Å². The predicted molar refractivity (Wildman–Crippen MR) is 79.1 cm³/mol. The number of methoxy groups -OCH3 is 1. The van der Waals surface area contributed by atoms with E-state index in [1.807, 2.05) is 18.2 Å². The first-order valence-electron chi connectivity index (χ1n) is 7.24. The second kappa shape index (κ2) is 7.17. The Kier molecular flexibility index (Phi) is 5.27. The topological polar surface area (TPSA) is 51.0 Å². The van der Waals surface area contributed by atoms with E-state index >= 15 is 0 Å². The van der Waals surface area contributed by atoms with Crippen molar-refractivity contribution in [2.75, 3.05) is 13.7 Å². The average Bonchev–Trinajstić information content (AvgIpc) is 2.52. The lowest BCUT2D eigenvalue weighted by molar-refractivity contribution is 0.208. The number of benzene rings is 1. The van der Waals surface area contributed by atoms with Crippen LogP contribution in [0.1, 0.15) is 44.6 Å².